The third kappa shape index (κ3) is 14.2. The molecule has 4 heavy (non-hydrogen) atoms. The molecular formula is CHCl2Si+3. The van der Waals surface area contributed by atoms with Crippen molar-refractivity contribution in [1.29, 1.82) is 0 Å². The summed E-state index contributed by atoms with van der Waals surface area (Å²) >= 11 is 9.91. The Morgan fingerprint density at radius 1 is 1.50 bits per heavy atom. The van der Waals surface area contributed by atoms with Gasteiger partial charge in [0.25, 0.3) is 0 Å². The molecule has 0 nitrogen and oxygen atoms in total. The molecule has 0 fully saturated rings. The third-order valence-corrected chi connectivity index (χ3v) is 0. The van der Waals surface area contributed by atoms with Crippen LogP contribution in [0.4, 0.5) is 0 Å². The molecular weight excluding hydrogens is 111 g/mol. The van der Waals surface area contributed by atoms with E-state index in [1.807, 2.05) is 0 Å². The van der Waals surface area contributed by atoms with Gasteiger partial charge in [-0.3, -0.25) is 0 Å². The second-order valence-electron chi connectivity index (χ2n) is 0.301. The van der Waals surface area contributed by atoms with E-state index in [0.29, 0.717) is 0 Å². The Morgan fingerprint density at radius 2 is 1.50 bits per heavy atom. The van der Waals surface area contributed by atoms with Gasteiger partial charge in [0.15, 0.2) is 0 Å². The van der Waals surface area contributed by atoms with Crippen LogP contribution < -0.4 is 0 Å². The van der Waals surface area contributed by atoms with Crippen molar-refractivity contribution in [3.8, 4) is 0 Å². The fourth-order valence-corrected chi connectivity index (χ4v) is 0. The summed E-state index contributed by atoms with van der Waals surface area (Å²) in [5.74, 6) is 0. The molecule has 0 radical (unpaired) electrons. The normalized spacial score (nSPS) is 9.25. The first-order valence-electron chi connectivity index (χ1n) is 0.725. The van der Waals surface area contributed by atoms with Gasteiger partial charge >= 0.3 is 37.9 Å². The van der Waals surface area contributed by atoms with E-state index in [0.717, 1.165) is 0 Å². The minimum absolute atomic E-state index is 0.417. The summed E-state index contributed by atoms with van der Waals surface area (Å²) in [6.45, 7) is 0. The van der Waals surface area contributed by atoms with Crippen molar-refractivity contribution < 1.29 is 0 Å². The number of hydrogen-bond acceptors (Lipinski definition) is 0. The molecule has 0 aliphatic carbocycles. The van der Waals surface area contributed by atoms with Crippen LogP contribution >= 0.6 is 23.2 Å². The zero-order valence-corrected chi connectivity index (χ0v) is 4.35. The summed E-state index contributed by atoms with van der Waals surface area (Å²) in [6, 6.07) is 0. The summed E-state index contributed by atoms with van der Waals surface area (Å²) in [4.78, 5) is 0. The molecule has 0 saturated carbocycles. The van der Waals surface area contributed by atoms with Gasteiger partial charge in [0.1, 0.15) is 0 Å². The first-order chi connectivity index (χ1) is 1.73. The molecule has 0 atom stereocenters. The Labute approximate surface area is 38.5 Å². The Morgan fingerprint density at radius 3 is 1.50 bits per heavy atom. The van der Waals surface area contributed by atoms with E-state index in [9.17, 15) is 0 Å². The first-order valence-corrected chi connectivity index (χ1v) is 2.18. The zero-order chi connectivity index (χ0) is 3.58. The average Bonchev–Trinajstić information content (AvgIpc) is 0.811. The quantitative estimate of drug-likeness (QED) is 0.323. The van der Waals surface area contributed by atoms with Crippen LogP contribution in [0.3, 0.4) is 0 Å². The molecule has 0 rings (SSSR count). The van der Waals surface area contributed by atoms with Gasteiger partial charge in [0, 0.05) is 0 Å². The van der Waals surface area contributed by atoms with E-state index in [-0.39, 0.29) is 0 Å². The molecule has 0 aromatic carbocycles. The topological polar surface area (TPSA) is 0 Å². The van der Waals surface area contributed by atoms with Crippen LogP contribution in [0.25, 0.3) is 0 Å². The van der Waals surface area contributed by atoms with Gasteiger partial charge in [0.2, 0.25) is 0 Å². The van der Waals surface area contributed by atoms with Crippen LogP contribution in [0.15, 0.2) is 0 Å². The zero-order valence-electron chi connectivity index (χ0n) is 1.83. The molecule has 0 amide bonds. The Kier molecular flexibility index (Phi) is 2.47. The monoisotopic (exact) mass is 111 g/mol. The molecule has 0 heterocycles. The number of hydrogen-bond donors (Lipinski definition) is 0. The number of alkyl halides is 2. The molecule has 20 valence electrons. The second kappa shape index (κ2) is 2.06. The van der Waals surface area contributed by atoms with Crippen LogP contribution in [0.5, 0.6) is 0 Å². The van der Waals surface area contributed by atoms with Gasteiger partial charge in [-0.25, -0.2) is 0 Å². The summed E-state index contributed by atoms with van der Waals surface area (Å²) in [6.07, 6.45) is 0. The molecule has 0 aliphatic heterocycles. The van der Waals surface area contributed by atoms with Crippen LogP contribution in [0.2, 0.25) is 0 Å². The number of halogens is 2. The summed E-state index contributed by atoms with van der Waals surface area (Å²) in [5, 5.41) is 0. The molecule has 0 unspecified atom stereocenters. The first kappa shape index (κ1) is 4.80. The van der Waals surface area contributed by atoms with Crippen molar-refractivity contribution in [2.24, 2.45) is 0 Å². The molecule has 3 heteroatoms. The van der Waals surface area contributed by atoms with E-state index in [2.05, 4.69) is 10.2 Å². The maximum absolute atomic E-state index is 4.95. The van der Waals surface area contributed by atoms with Crippen LogP contribution in [-0.4, -0.2) is 14.7 Å². The molecule has 0 aromatic heterocycles. The van der Waals surface area contributed by atoms with Gasteiger partial charge in [0.05, 0.1) is 0 Å². The van der Waals surface area contributed by atoms with E-state index in [1.165, 1.54) is 0 Å². The Hall–Kier alpha value is 0.797. The van der Waals surface area contributed by atoms with Gasteiger partial charge in [-0.15, -0.1) is 0 Å². The SMILES string of the molecule is [Si+3]C(Cl)Cl. The molecule has 0 spiro atoms. The van der Waals surface area contributed by atoms with E-state index in [1.54, 1.807) is 0 Å². The summed E-state index contributed by atoms with van der Waals surface area (Å²) in [5.41, 5.74) is 0. The fraction of sp³-hybridized carbons (Fsp3) is 1.00. The molecule has 0 saturated heterocycles. The van der Waals surface area contributed by atoms with Crippen molar-refractivity contribution in [2.75, 3.05) is 0 Å². The van der Waals surface area contributed by atoms with Gasteiger partial charge in [-0.2, -0.15) is 0 Å². The minimum atomic E-state index is -0.417. The van der Waals surface area contributed by atoms with Gasteiger partial charge in [-0.05, 0) is 0 Å². The second-order valence-corrected chi connectivity index (χ2v) is 2.71. The van der Waals surface area contributed by atoms with Crippen molar-refractivity contribution in [2.45, 2.75) is 4.46 Å². The van der Waals surface area contributed by atoms with Gasteiger partial charge < -0.3 is 0 Å². The Balaban J connectivity index is 2.32. The average molecular weight is 112 g/mol. The Bertz CT molecular complexity index is 10.8. The predicted octanol–water partition coefficient (Wildman–Crippen LogP) is 0.916. The van der Waals surface area contributed by atoms with E-state index < -0.39 is 4.46 Å². The predicted molar refractivity (Wildman–Crippen MR) is 21.2 cm³/mol. The van der Waals surface area contributed by atoms with Crippen molar-refractivity contribution in [1.82, 2.24) is 0 Å². The molecule has 0 N–H and O–H groups in total. The van der Waals surface area contributed by atoms with E-state index >= 15 is 0 Å². The standard InChI is InChI=1S/CHCl2Si/c2-1(3)4/h1H/q+3. The summed E-state index contributed by atoms with van der Waals surface area (Å²) in [7, 11) is 2.84. The van der Waals surface area contributed by atoms with Crippen LogP contribution in [0.1, 0.15) is 0 Å². The molecule has 0 aromatic rings. The fourth-order valence-electron chi connectivity index (χ4n) is 0. The molecule has 0 aliphatic rings. The summed E-state index contributed by atoms with van der Waals surface area (Å²) < 4.78 is -0.417. The van der Waals surface area contributed by atoms with Crippen molar-refractivity contribution in [3.05, 3.63) is 0 Å². The van der Waals surface area contributed by atoms with Crippen LogP contribution in [0, 0.1) is 0 Å². The third-order valence-electron chi connectivity index (χ3n) is 0. The number of rotatable bonds is 0. The van der Waals surface area contributed by atoms with Crippen molar-refractivity contribution >= 4 is 33.4 Å². The van der Waals surface area contributed by atoms with Crippen LogP contribution in [-0.2, 0) is 0 Å². The van der Waals surface area contributed by atoms with Gasteiger partial charge in [-0.1, -0.05) is 0 Å². The molecule has 0 bridgehead atoms. The van der Waals surface area contributed by atoms with E-state index in [4.69, 9.17) is 23.2 Å². The maximum atomic E-state index is 4.95. The van der Waals surface area contributed by atoms with Crippen molar-refractivity contribution in [3.63, 3.8) is 0 Å².